The summed E-state index contributed by atoms with van der Waals surface area (Å²) >= 11 is 12.9. The molecule has 11 heteroatoms. The fraction of sp³-hybridized carbons (Fsp3) is 0.100. The Kier molecular flexibility index (Phi) is 7.19. The Bertz CT molecular complexity index is 1110. The average Bonchev–Trinajstić information content (AvgIpc) is 3.24. The van der Waals surface area contributed by atoms with Gasteiger partial charge in [-0.25, -0.2) is 0 Å². The van der Waals surface area contributed by atoms with Gasteiger partial charge in [0.15, 0.2) is 5.76 Å². The maximum absolute atomic E-state index is 13.5. The van der Waals surface area contributed by atoms with E-state index in [1.165, 1.54) is 24.5 Å². The van der Waals surface area contributed by atoms with Gasteiger partial charge >= 0.3 is 6.18 Å². The van der Waals surface area contributed by atoms with Crippen molar-refractivity contribution < 1.29 is 27.2 Å². The average molecular weight is 489 g/mol. The Morgan fingerprint density at radius 2 is 1.81 bits per heavy atom. The topological polar surface area (TPSA) is 71.3 Å². The van der Waals surface area contributed by atoms with Crippen LogP contribution in [0.15, 0.2) is 64.1 Å². The Morgan fingerprint density at radius 3 is 2.48 bits per heavy atom. The normalized spacial score (nSPS) is 11.3. The fourth-order valence-corrected chi connectivity index (χ4v) is 3.78. The van der Waals surface area contributed by atoms with Crippen LogP contribution in [0.5, 0.6) is 0 Å². The Morgan fingerprint density at radius 1 is 1.03 bits per heavy atom. The van der Waals surface area contributed by atoms with E-state index in [9.17, 15) is 22.8 Å². The molecule has 0 aliphatic heterocycles. The van der Waals surface area contributed by atoms with Crippen LogP contribution >= 0.6 is 35.0 Å². The lowest BCUT2D eigenvalue weighted by Gasteiger charge is -2.16. The van der Waals surface area contributed by atoms with Gasteiger partial charge in [0, 0.05) is 15.6 Å². The summed E-state index contributed by atoms with van der Waals surface area (Å²) in [5, 5.41) is 5.35. The molecular weight excluding hydrogens is 476 g/mol. The second-order valence-electron chi connectivity index (χ2n) is 6.10. The maximum Gasteiger partial charge on any atom is 0.418 e. The molecule has 0 atom stereocenters. The monoisotopic (exact) mass is 488 g/mol. The van der Waals surface area contributed by atoms with Crippen LogP contribution in [0.1, 0.15) is 16.1 Å². The summed E-state index contributed by atoms with van der Waals surface area (Å²) in [5.74, 6) is -1.61. The summed E-state index contributed by atoms with van der Waals surface area (Å²) < 4.78 is 45.5. The number of hydrogen-bond donors (Lipinski definition) is 2. The number of amides is 2. The van der Waals surface area contributed by atoms with Crippen molar-refractivity contribution in [2.45, 2.75) is 11.1 Å². The molecule has 0 fully saturated rings. The van der Waals surface area contributed by atoms with Crippen molar-refractivity contribution in [3.8, 4) is 0 Å². The number of alkyl halides is 3. The second kappa shape index (κ2) is 9.67. The standard InChI is InChI=1S/C20H13Cl2F3N2O3S/c21-11-3-5-14(22)17(8-11)31-10-18(28)27-15-6-4-12(9-13(15)20(23,24)25)26-19(29)16-2-1-7-30-16/h1-9H,10H2,(H,26,29)(H,27,28). The minimum Gasteiger partial charge on any atom is -0.459 e. The largest absolute Gasteiger partial charge is 0.459 e. The first-order valence-electron chi connectivity index (χ1n) is 8.57. The second-order valence-corrected chi connectivity index (χ2v) is 7.96. The van der Waals surface area contributed by atoms with Gasteiger partial charge in [0.2, 0.25) is 5.91 Å². The number of carbonyl (C=O) groups excluding carboxylic acids is 2. The zero-order valence-corrected chi connectivity index (χ0v) is 17.8. The summed E-state index contributed by atoms with van der Waals surface area (Å²) in [6.45, 7) is 0. The zero-order chi connectivity index (χ0) is 22.6. The minimum atomic E-state index is -4.77. The number of furan rings is 1. The molecule has 3 rings (SSSR count). The van der Waals surface area contributed by atoms with Crippen LogP contribution in [-0.4, -0.2) is 17.6 Å². The molecule has 5 nitrogen and oxygen atoms in total. The van der Waals surface area contributed by atoms with E-state index in [1.54, 1.807) is 18.2 Å². The minimum absolute atomic E-state index is 0.0531. The summed E-state index contributed by atoms with van der Waals surface area (Å²) in [4.78, 5) is 24.7. The molecule has 0 spiro atoms. The van der Waals surface area contributed by atoms with Crippen LogP contribution < -0.4 is 10.6 Å². The van der Waals surface area contributed by atoms with Crippen LogP contribution in [0.4, 0.5) is 24.5 Å². The first kappa shape index (κ1) is 23.1. The van der Waals surface area contributed by atoms with Crippen molar-refractivity contribution in [1.29, 1.82) is 0 Å². The molecule has 0 saturated carbocycles. The molecule has 2 aromatic carbocycles. The zero-order valence-electron chi connectivity index (χ0n) is 15.4. The first-order chi connectivity index (χ1) is 14.6. The van der Waals surface area contributed by atoms with Crippen LogP contribution in [0.25, 0.3) is 0 Å². The van der Waals surface area contributed by atoms with Gasteiger partial charge in [0.1, 0.15) is 0 Å². The van der Waals surface area contributed by atoms with Crippen molar-refractivity contribution in [2.75, 3.05) is 16.4 Å². The molecule has 0 saturated heterocycles. The van der Waals surface area contributed by atoms with Gasteiger partial charge in [0.05, 0.1) is 28.3 Å². The first-order valence-corrected chi connectivity index (χ1v) is 10.3. The molecule has 2 N–H and O–H groups in total. The van der Waals surface area contributed by atoms with E-state index >= 15 is 0 Å². The highest BCUT2D eigenvalue weighted by atomic mass is 35.5. The highest BCUT2D eigenvalue weighted by Gasteiger charge is 2.34. The quantitative estimate of drug-likeness (QED) is 0.384. The number of carbonyl (C=O) groups is 2. The SMILES string of the molecule is O=C(CSc1cc(Cl)ccc1Cl)Nc1ccc(NC(=O)c2ccco2)cc1C(F)(F)F. The fourth-order valence-electron chi connectivity index (χ4n) is 2.48. The summed E-state index contributed by atoms with van der Waals surface area (Å²) in [5.41, 5.74) is -1.65. The predicted molar refractivity (Wildman–Crippen MR) is 114 cm³/mol. The van der Waals surface area contributed by atoms with E-state index in [2.05, 4.69) is 10.6 Å². The van der Waals surface area contributed by atoms with E-state index in [4.69, 9.17) is 27.6 Å². The highest BCUT2D eigenvalue weighted by Crippen LogP contribution is 2.37. The number of rotatable bonds is 6. The van der Waals surface area contributed by atoms with Crippen molar-refractivity contribution >= 4 is 58.2 Å². The van der Waals surface area contributed by atoms with Crippen LogP contribution in [0.3, 0.4) is 0 Å². The van der Waals surface area contributed by atoms with E-state index in [1.807, 2.05) is 0 Å². The van der Waals surface area contributed by atoms with Gasteiger partial charge < -0.3 is 15.1 Å². The smallest absolute Gasteiger partial charge is 0.418 e. The van der Waals surface area contributed by atoms with Crippen molar-refractivity contribution in [3.63, 3.8) is 0 Å². The van der Waals surface area contributed by atoms with Crippen LogP contribution in [0, 0.1) is 0 Å². The van der Waals surface area contributed by atoms with Gasteiger partial charge in [0.25, 0.3) is 5.91 Å². The maximum atomic E-state index is 13.5. The Hall–Kier alpha value is -2.62. The summed E-state index contributed by atoms with van der Waals surface area (Å²) in [7, 11) is 0. The lowest BCUT2D eigenvalue weighted by atomic mass is 10.1. The third kappa shape index (κ3) is 6.19. The van der Waals surface area contributed by atoms with Gasteiger partial charge in [-0.1, -0.05) is 23.2 Å². The van der Waals surface area contributed by atoms with Crippen molar-refractivity contribution in [3.05, 3.63) is 76.2 Å². The van der Waals surface area contributed by atoms with Crippen LogP contribution in [0.2, 0.25) is 10.0 Å². The van der Waals surface area contributed by atoms with E-state index in [0.717, 1.165) is 23.9 Å². The van der Waals surface area contributed by atoms with Crippen LogP contribution in [-0.2, 0) is 11.0 Å². The Balaban J connectivity index is 1.73. The molecule has 0 unspecified atom stereocenters. The van der Waals surface area contributed by atoms with Gasteiger partial charge in [-0.3, -0.25) is 9.59 Å². The molecule has 162 valence electrons. The molecule has 31 heavy (non-hydrogen) atoms. The lowest BCUT2D eigenvalue weighted by Crippen LogP contribution is -2.19. The summed E-state index contributed by atoms with van der Waals surface area (Å²) in [6.07, 6.45) is -3.50. The van der Waals surface area contributed by atoms with E-state index < -0.39 is 29.2 Å². The van der Waals surface area contributed by atoms with Gasteiger partial charge in [-0.05, 0) is 48.5 Å². The number of nitrogens with one attached hydrogen (secondary N) is 2. The number of anilines is 2. The Labute approximate surface area is 188 Å². The molecular formula is C20H13Cl2F3N2O3S. The van der Waals surface area contributed by atoms with Crippen molar-refractivity contribution in [1.82, 2.24) is 0 Å². The third-order valence-corrected chi connectivity index (χ3v) is 5.59. The number of benzene rings is 2. The molecule has 2 amide bonds. The number of hydrogen-bond acceptors (Lipinski definition) is 4. The van der Waals surface area contributed by atoms with Gasteiger partial charge in [-0.2, -0.15) is 13.2 Å². The number of halogens is 5. The summed E-state index contributed by atoms with van der Waals surface area (Å²) in [6, 6.07) is 10.6. The molecule has 0 bridgehead atoms. The van der Waals surface area contributed by atoms with E-state index in [0.29, 0.717) is 14.9 Å². The molecule has 0 aliphatic carbocycles. The molecule has 1 aromatic heterocycles. The van der Waals surface area contributed by atoms with Gasteiger partial charge in [-0.15, -0.1) is 11.8 Å². The third-order valence-electron chi connectivity index (χ3n) is 3.85. The molecule has 0 aliphatic rings. The predicted octanol–water partition coefficient (Wildman–Crippen LogP) is 6.59. The highest BCUT2D eigenvalue weighted by molar-refractivity contribution is 8.00. The number of thioether (sulfide) groups is 1. The van der Waals surface area contributed by atoms with E-state index in [-0.39, 0.29) is 17.2 Å². The molecule has 0 radical (unpaired) electrons. The van der Waals surface area contributed by atoms with Crippen molar-refractivity contribution in [2.24, 2.45) is 0 Å². The lowest BCUT2D eigenvalue weighted by molar-refractivity contribution is -0.136. The molecule has 1 heterocycles. The molecule has 3 aromatic rings.